The zero-order valence-corrected chi connectivity index (χ0v) is 18.2. The van der Waals surface area contributed by atoms with E-state index in [1.165, 1.54) is 0 Å². The average Bonchev–Trinajstić information content (AvgIpc) is 3.27. The molecule has 4 heterocycles. The predicted octanol–water partition coefficient (Wildman–Crippen LogP) is 2.32. The van der Waals surface area contributed by atoms with Crippen LogP contribution >= 0.6 is 0 Å². The Morgan fingerprint density at radius 1 is 0.879 bits per heavy atom. The van der Waals surface area contributed by atoms with Gasteiger partial charge in [-0.1, -0.05) is 24.3 Å². The molecule has 0 saturated carbocycles. The lowest BCUT2D eigenvalue weighted by atomic mass is 10.1. The lowest BCUT2D eigenvalue weighted by Gasteiger charge is -2.36. The summed E-state index contributed by atoms with van der Waals surface area (Å²) < 4.78 is 0. The van der Waals surface area contributed by atoms with Gasteiger partial charge in [-0.3, -0.25) is 9.59 Å². The molecule has 2 aliphatic rings. The van der Waals surface area contributed by atoms with Crippen molar-refractivity contribution in [2.45, 2.75) is 6.42 Å². The maximum atomic E-state index is 13.1. The minimum Gasteiger partial charge on any atom is -0.352 e. The minimum atomic E-state index is -0.291. The Bertz CT molecular complexity index is 1100. The number of rotatable bonds is 5. The van der Waals surface area contributed by atoms with Crippen molar-refractivity contribution in [1.29, 1.82) is 0 Å². The Balaban J connectivity index is 1.15. The summed E-state index contributed by atoms with van der Waals surface area (Å²) in [6, 6.07) is 18.9. The van der Waals surface area contributed by atoms with E-state index in [4.69, 9.17) is 0 Å². The summed E-state index contributed by atoms with van der Waals surface area (Å²) in [4.78, 5) is 35.5. The average molecular weight is 444 g/mol. The van der Waals surface area contributed by atoms with E-state index in [2.05, 4.69) is 25.4 Å². The van der Waals surface area contributed by atoms with E-state index in [0.717, 1.165) is 11.5 Å². The predicted molar refractivity (Wildman–Crippen MR) is 125 cm³/mol. The summed E-state index contributed by atoms with van der Waals surface area (Å²) in [7, 11) is 0. The second-order valence-electron chi connectivity index (χ2n) is 8.17. The van der Waals surface area contributed by atoms with Crippen LogP contribution in [0.5, 0.6) is 0 Å². The highest BCUT2D eigenvalue weighted by molar-refractivity contribution is 6.00. The van der Waals surface area contributed by atoms with Crippen molar-refractivity contribution < 1.29 is 9.59 Å². The summed E-state index contributed by atoms with van der Waals surface area (Å²) in [5.74, 6) is 1.89. The molecule has 168 valence electrons. The summed E-state index contributed by atoms with van der Waals surface area (Å²) in [6.45, 7) is 3.00. The Morgan fingerprint density at radius 2 is 1.67 bits per heavy atom. The molecule has 0 spiro atoms. The summed E-state index contributed by atoms with van der Waals surface area (Å²) in [5.41, 5.74) is 0.849. The zero-order valence-electron chi connectivity index (χ0n) is 18.2. The SMILES string of the molecule is O=C(C1CC(=O)N(c2ccccc2)C1)N1CCN(c2ccc(Nc3ccccn3)nn2)CC1. The first kappa shape index (κ1) is 20.9. The van der Waals surface area contributed by atoms with Gasteiger partial charge in [0.25, 0.3) is 0 Å². The van der Waals surface area contributed by atoms with E-state index in [0.29, 0.717) is 44.4 Å². The molecule has 2 amide bonds. The van der Waals surface area contributed by atoms with Crippen LogP contribution in [0.1, 0.15) is 6.42 Å². The highest BCUT2D eigenvalue weighted by Gasteiger charge is 2.38. The standard InChI is InChI=1S/C24H25N7O2/c32-23-16-18(17-31(23)19-6-2-1-3-7-19)24(33)30-14-12-29(13-15-30)22-10-9-21(27-28-22)26-20-8-4-5-11-25-20/h1-11,18H,12-17H2,(H,25,26,27). The van der Waals surface area contributed by atoms with Crippen molar-refractivity contribution in [3.63, 3.8) is 0 Å². The molecule has 9 nitrogen and oxygen atoms in total. The molecular formula is C24H25N7O2. The van der Waals surface area contributed by atoms with Crippen molar-refractivity contribution in [2.75, 3.05) is 47.8 Å². The number of pyridine rings is 1. The van der Waals surface area contributed by atoms with Gasteiger partial charge in [0.05, 0.1) is 5.92 Å². The normalized spacial score (nSPS) is 18.5. The first-order chi connectivity index (χ1) is 16.2. The molecule has 33 heavy (non-hydrogen) atoms. The molecule has 1 aromatic carbocycles. The first-order valence-corrected chi connectivity index (χ1v) is 11.1. The van der Waals surface area contributed by atoms with Gasteiger partial charge in [0.1, 0.15) is 5.82 Å². The van der Waals surface area contributed by atoms with Crippen LogP contribution in [0.2, 0.25) is 0 Å². The topological polar surface area (TPSA) is 94.6 Å². The molecule has 2 aliphatic heterocycles. The molecule has 5 rings (SSSR count). The van der Waals surface area contributed by atoms with Gasteiger partial charge in [-0.2, -0.15) is 0 Å². The zero-order chi connectivity index (χ0) is 22.6. The summed E-state index contributed by atoms with van der Waals surface area (Å²) in [5, 5.41) is 11.7. The number of nitrogens with one attached hydrogen (secondary N) is 1. The van der Waals surface area contributed by atoms with Crippen molar-refractivity contribution in [3.05, 3.63) is 66.9 Å². The second kappa shape index (κ2) is 9.23. The fourth-order valence-corrected chi connectivity index (χ4v) is 4.27. The number of para-hydroxylation sites is 1. The van der Waals surface area contributed by atoms with E-state index >= 15 is 0 Å². The number of piperazine rings is 1. The maximum Gasteiger partial charge on any atom is 0.228 e. The molecule has 0 bridgehead atoms. The van der Waals surface area contributed by atoms with Gasteiger partial charge in [0.2, 0.25) is 11.8 Å². The number of nitrogens with zero attached hydrogens (tertiary/aromatic N) is 6. The van der Waals surface area contributed by atoms with E-state index in [1.807, 2.05) is 65.6 Å². The molecule has 0 radical (unpaired) electrons. The molecule has 2 saturated heterocycles. The number of amides is 2. The third-order valence-corrected chi connectivity index (χ3v) is 6.03. The van der Waals surface area contributed by atoms with Gasteiger partial charge in [0.15, 0.2) is 11.6 Å². The van der Waals surface area contributed by atoms with Gasteiger partial charge in [0, 0.05) is 51.0 Å². The highest BCUT2D eigenvalue weighted by atomic mass is 16.2. The van der Waals surface area contributed by atoms with Crippen molar-refractivity contribution in [2.24, 2.45) is 5.92 Å². The molecule has 1 atom stereocenters. The number of anilines is 4. The molecule has 3 aromatic rings. The monoisotopic (exact) mass is 443 g/mol. The van der Waals surface area contributed by atoms with E-state index in [-0.39, 0.29) is 24.2 Å². The third-order valence-electron chi connectivity index (χ3n) is 6.03. The number of carbonyl (C=O) groups is 2. The van der Waals surface area contributed by atoms with Crippen LogP contribution in [-0.4, -0.2) is 64.6 Å². The summed E-state index contributed by atoms with van der Waals surface area (Å²) >= 11 is 0. The van der Waals surface area contributed by atoms with Crippen LogP contribution in [0.15, 0.2) is 66.9 Å². The number of benzene rings is 1. The Labute approximate surface area is 192 Å². The Morgan fingerprint density at radius 3 is 2.36 bits per heavy atom. The van der Waals surface area contributed by atoms with Crippen LogP contribution in [-0.2, 0) is 9.59 Å². The molecule has 9 heteroatoms. The van der Waals surface area contributed by atoms with Gasteiger partial charge in [-0.15, -0.1) is 10.2 Å². The van der Waals surface area contributed by atoms with Crippen molar-refractivity contribution in [1.82, 2.24) is 20.1 Å². The van der Waals surface area contributed by atoms with Gasteiger partial charge >= 0.3 is 0 Å². The second-order valence-corrected chi connectivity index (χ2v) is 8.17. The van der Waals surface area contributed by atoms with Crippen molar-refractivity contribution in [3.8, 4) is 0 Å². The van der Waals surface area contributed by atoms with E-state index in [1.54, 1.807) is 11.1 Å². The molecule has 2 aromatic heterocycles. The van der Waals surface area contributed by atoms with E-state index in [9.17, 15) is 9.59 Å². The molecule has 1 unspecified atom stereocenters. The summed E-state index contributed by atoms with van der Waals surface area (Å²) in [6.07, 6.45) is 1.98. The number of hydrogen-bond donors (Lipinski definition) is 1. The lowest BCUT2D eigenvalue weighted by molar-refractivity contribution is -0.136. The molecular weight excluding hydrogens is 418 g/mol. The van der Waals surface area contributed by atoms with Gasteiger partial charge in [-0.05, 0) is 36.4 Å². The maximum absolute atomic E-state index is 13.1. The molecule has 2 fully saturated rings. The lowest BCUT2D eigenvalue weighted by Crippen LogP contribution is -2.51. The Kier molecular flexibility index (Phi) is 5.84. The van der Waals surface area contributed by atoms with Gasteiger partial charge in [-0.25, -0.2) is 4.98 Å². The quantitative estimate of drug-likeness (QED) is 0.647. The highest BCUT2D eigenvalue weighted by Crippen LogP contribution is 2.27. The molecule has 0 aliphatic carbocycles. The third kappa shape index (κ3) is 4.62. The Hall–Kier alpha value is -4.01. The fraction of sp³-hybridized carbons (Fsp3) is 0.292. The van der Waals surface area contributed by atoms with Crippen LogP contribution in [0.4, 0.5) is 23.1 Å². The smallest absolute Gasteiger partial charge is 0.228 e. The molecule has 1 N–H and O–H groups in total. The number of aromatic nitrogens is 3. The van der Waals surface area contributed by atoms with Gasteiger partial charge < -0.3 is 20.0 Å². The minimum absolute atomic E-state index is 0.00728. The fourth-order valence-electron chi connectivity index (χ4n) is 4.27. The largest absolute Gasteiger partial charge is 0.352 e. The first-order valence-electron chi connectivity index (χ1n) is 11.1. The van der Waals surface area contributed by atoms with Crippen molar-refractivity contribution >= 4 is 35.0 Å². The van der Waals surface area contributed by atoms with Crippen LogP contribution in [0.3, 0.4) is 0 Å². The number of carbonyl (C=O) groups excluding carboxylic acids is 2. The number of hydrogen-bond acceptors (Lipinski definition) is 7. The van der Waals surface area contributed by atoms with Crippen LogP contribution in [0, 0.1) is 5.92 Å². The van der Waals surface area contributed by atoms with E-state index < -0.39 is 0 Å². The van der Waals surface area contributed by atoms with Crippen LogP contribution < -0.4 is 15.1 Å². The van der Waals surface area contributed by atoms with Crippen LogP contribution in [0.25, 0.3) is 0 Å².